The molecule has 3 aromatic rings. The zero-order chi connectivity index (χ0) is 30.9. The molecular formula is C35H42N2O7. The molecule has 0 unspecified atom stereocenters. The Kier molecular flexibility index (Phi) is 11.1. The number of aliphatic hydroxyl groups excluding tert-OH is 2. The first-order chi connectivity index (χ1) is 21.4. The SMILES string of the molecule is O=C(O)CCCCC(=O)NCc1cccc(-c2ccc([C@H]3O[C@@H](CN4CC[C@H](O)C4)C[C@@H](c4ccc(CO)cc4)O3)cc2)c1. The number of unbranched alkanes of at least 4 members (excludes halogenated alkanes) is 1. The third-order valence-corrected chi connectivity index (χ3v) is 8.30. The van der Waals surface area contributed by atoms with E-state index in [2.05, 4.69) is 16.3 Å². The van der Waals surface area contributed by atoms with Gasteiger partial charge >= 0.3 is 5.97 Å². The molecule has 0 aromatic heterocycles. The normalized spacial score (nSPS) is 22.1. The summed E-state index contributed by atoms with van der Waals surface area (Å²) in [5, 5.41) is 31.1. The van der Waals surface area contributed by atoms with Crippen LogP contribution in [0, 0.1) is 0 Å². The van der Waals surface area contributed by atoms with Crippen LogP contribution in [0.1, 0.15) is 73.2 Å². The Balaban J connectivity index is 1.23. The Morgan fingerprint density at radius 1 is 0.886 bits per heavy atom. The van der Waals surface area contributed by atoms with Gasteiger partial charge in [-0.05, 0) is 53.1 Å². The summed E-state index contributed by atoms with van der Waals surface area (Å²) >= 11 is 0. The molecule has 0 saturated carbocycles. The number of nitrogens with one attached hydrogen (secondary N) is 1. The fourth-order valence-corrected chi connectivity index (χ4v) is 5.84. The van der Waals surface area contributed by atoms with Gasteiger partial charge < -0.3 is 30.1 Å². The molecule has 0 radical (unpaired) electrons. The number of aliphatic hydroxyl groups is 2. The number of carbonyl (C=O) groups excluding carboxylic acids is 1. The number of carboxylic acid groups (broad SMARTS) is 1. The molecule has 234 valence electrons. The van der Waals surface area contributed by atoms with Gasteiger partial charge in [-0.25, -0.2) is 0 Å². The number of benzene rings is 3. The first-order valence-corrected chi connectivity index (χ1v) is 15.4. The van der Waals surface area contributed by atoms with E-state index in [-0.39, 0.29) is 37.2 Å². The third kappa shape index (κ3) is 8.97. The minimum Gasteiger partial charge on any atom is -0.481 e. The van der Waals surface area contributed by atoms with Crippen molar-refractivity contribution in [3.05, 3.63) is 95.1 Å². The van der Waals surface area contributed by atoms with Gasteiger partial charge in [-0.3, -0.25) is 14.5 Å². The zero-order valence-corrected chi connectivity index (χ0v) is 24.9. The van der Waals surface area contributed by atoms with Crippen molar-refractivity contribution in [2.75, 3.05) is 19.6 Å². The topological polar surface area (TPSA) is 129 Å². The van der Waals surface area contributed by atoms with Gasteiger partial charge in [0, 0.05) is 51.0 Å². The summed E-state index contributed by atoms with van der Waals surface area (Å²) < 4.78 is 13.0. The highest BCUT2D eigenvalue weighted by molar-refractivity contribution is 5.76. The van der Waals surface area contributed by atoms with Gasteiger partial charge in [0.15, 0.2) is 6.29 Å². The van der Waals surface area contributed by atoms with E-state index in [1.165, 1.54) is 0 Å². The van der Waals surface area contributed by atoms with Crippen molar-refractivity contribution < 1.29 is 34.4 Å². The molecule has 9 nitrogen and oxygen atoms in total. The second-order valence-corrected chi connectivity index (χ2v) is 11.8. The van der Waals surface area contributed by atoms with E-state index in [9.17, 15) is 19.8 Å². The summed E-state index contributed by atoms with van der Waals surface area (Å²) in [7, 11) is 0. The van der Waals surface area contributed by atoms with Crippen molar-refractivity contribution in [1.82, 2.24) is 10.2 Å². The van der Waals surface area contributed by atoms with Gasteiger partial charge in [-0.15, -0.1) is 0 Å². The predicted molar refractivity (Wildman–Crippen MR) is 165 cm³/mol. The summed E-state index contributed by atoms with van der Waals surface area (Å²) in [6.07, 6.45) is 1.86. The van der Waals surface area contributed by atoms with E-state index in [1.807, 2.05) is 66.7 Å². The summed E-state index contributed by atoms with van der Waals surface area (Å²) in [5.74, 6) is -0.925. The number of likely N-dealkylation sites (tertiary alicyclic amines) is 1. The van der Waals surface area contributed by atoms with Gasteiger partial charge in [-0.1, -0.05) is 66.7 Å². The third-order valence-electron chi connectivity index (χ3n) is 8.30. The Morgan fingerprint density at radius 2 is 1.64 bits per heavy atom. The average molecular weight is 603 g/mol. The van der Waals surface area contributed by atoms with Crippen LogP contribution in [0.15, 0.2) is 72.8 Å². The smallest absolute Gasteiger partial charge is 0.303 e. The van der Waals surface area contributed by atoms with Crippen LogP contribution in [0.2, 0.25) is 0 Å². The predicted octanol–water partition coefficient (Wildman–Crippen LogP) is 4.72. The lowest BCUT2D eigenvalue weighted by Gasteiger charge is -2.37. The summed E-state index contributed by atoms with van der Waals surface area (Å²) in [6.45, 7) is 2.64. The van der Waals surface area contributed by atoms with Crippen LogP contribution >= 0.6 is 0 Å². The van der Waals surface area contributed by atoms with Gasteiger partial charge in [0.1, 0.15) is 0 Å². The molecule has 4 N–H and O–H groups in total. The number of ether oxygens (including phenoxy) is 2. The molecule has 0 bridgehead atoms. The molecule has 4 atom stereocenters. The molecule has 2 aliphatic rings. The highest BCUT2D eigenvalue weighted by Crippen LogP contribution is 2.39. The second kappa shape index (κ2) is 15.4. The van der Waals surface area contributed by atoms with Gasteiger partial charge in [0.05, 0.1) is 24.9 Å². The largest absolute Gasteiger partial charge is 0.481 e. The minimum absolute atomic E-state index is 0.00245. The number of hydrogen-bond donors (Lipinski definition) is 4. The highest BCUT2D eigenvalue weighted by atomic mass is 16.7. The van der Waals surface area contributed by atoms with Gasteiger partial charge in [0.25, 0.3) is 0 Å². The fraction of sp³-hybridized carbons (Fsp3) is 0.429. The number of amides is 1. The Labute approximate surface area is 258 Å². The molecule has 9 heteroatoms. The molecule has 5 rings (SSSR count). The Morgan fingerprint density at radius 3 is 2.34 bits per heavy atom. The molecular weight excluding hydrogens is 560 g/mol. The molecule has 2 saturated heterocycles. The van der Waals surface area contributed by atoms with E-state index >= 15 is 0 Å². The first-order valence-electron chi connectivity index (χ1n) is 15.4. The number of aliphatic carboxylic acids is 1. The zero-order valence-electron chi connectivity index (χ0n) is 24.9. The van der Waals surface area contributed by atoms with Crippen LogP contribution in [0.5, 0.6) is 0 Å². The molecule has 44 heavy (non-hydrogen) atoms. The molecule has 2 heterocycles. The monoisotopic (exact) mass is 602 g/mol. The lowest BCUT2D eigenvalue weighted by Crippen LogP contribution is -2.38. The first kappa shape index (κ1) is 31.8. The molecule has 0 aliphatic carbocycles. The van der Waals surface area contributed by atoms with E-state index in [0.717, 1.165) is 52.9 Å². The van der Waals surface area contributed by atoms with Crippen LogP contribution in [0.4, 0.5) is 0 Å². The fourth-order valence-electron chi connectivity index (χ4n) is 5.84. The maximum atomic E-state index is 12.2. The number of hydrogen-bond acceptors (Lipinski definition) is 7. The molecule has 0 spiro atoms. The van der Waals surface area contributed by atoms with Crippen molar-refractivity contribution in [3.63, 3.8) is 0 Å². The maximum absolute atomic E-state index is 12.2. The molecule has 1 amide bonds. The Hall–Kier alpha value is -3.60. The van der Waals surface area contributed by atoms with E-state index in [4.69, 9.17) is 14.6 Å². The van der Waals surface area contributed by atoms with E-state index in [0.29, 0.717) is 38.8 Å². The summed E-state index contributed by atoms with van der Waals surface area (Å²) in [5.41, 5.74) is 5.86. The lowest BCUT2D eigenvalue weighted by atomic mass is 9.99. The van der Waals surface area contributed by atoms with Gasteiger partial charge in [-0.2, -0.15) is 0 Å². The number of rotatable bonds is 13. The van der Waals surface area contributed by atoms with Crippen LogP contribution < -0.4 is 5.32 Å². The Bertz CT molecular complexity index is 1380. The number of carbonyl (C=O) groups is 2. The number of nitrogens with zero attached hydrogens (tertiary/aromatic N) is 1. The average Bonchev–Trinajstić information content (AvgIpc) is 3.46. The highest BCUT2D eigenvalue weighted by Gasteiger charge is 2.34. The standard InChI is InChI=1S/C35H42N2O7/c38-23-24-8-10-27(11-9-24)32-19-31(22-37-17-16-30(39)21-37)43-35(44-32)28-14-12-26(13-15-28)29-5-3-4-25(18-29)20-36-33(40)6-1-2-7-34(41)42/h3-5,8-15,18,30-32,35,38-39H,1-2,6-7,16-17,19-23H2,(H,36,40)(H,41,42)/t30-,31+,32-,35-/m0/s1. The van der Waals surface area contributed by atoms with E-state index in [1.54, 1.807) is 0 Å². The summed E-state index contributed by atoms with van der Waals surface area (Å²) in [4.78, 5) is 25.1. The van der Waals surface area contributed by atoms with Crippen molar-refractivity contribution in [3.8, 4) is 11.1 Å². The van der Waals surface area contributed by atoms with Crippen molar-refractivity contribution in [2.24, 2.45) is 0 Å². The van der Waals surface area contributed by atoms with Crippen molar-refractivity contribution >= 4 is 11.9 Å². The molecule has 2 fully saturated rings. The number of carboxylic acids is 1. The van der Waals surface area contributed by atoms with Crippen LogP contribution in [-0.4, -0.2) is 63.9 Å². The second-order valence-electron chi connectivity index (χ2n) is 11.8. The van der Waals surface area contributed by atoms with Crippen molar-refractivity contribution in [1.29, 1.82) is 0 Å². The van der Waals surface area contributed by atoms with E-state index < -0.39 is 12.3 Å². The summed E-state index contributed by atoms with van der Waals surface area (Å²) in [6, 6.07) is 24.0. The maximum Gasteiger partial charge on any atom is 0.303 e. The van der Waals surface area contributed by atoms with Crippen LogP contribution in [0.3, 0.4) is 0 Å². The molecule has 3 aromatic carbocycles. The quantitative estimate of drug-likeness (QED) is 0.207. The van der Waals surface area contributed by atoms with Crippen LogP contribution in [-0.2, 0) is 32.2 Å². The lowest BCUT2D eigenvalue weighted by molar-refractivity contribution is -0.252. The van der Waals surface area contributed by atoms with Gasteiger partial charge in [0.2, 0.25) is 5.91 Å². The number of β-amino-alcohol motifs (C(OH)–C–C–N with tert-alkyl or cyclic N) is 1. The molecule has 2 aliphatic heterocycles. The van der Waals surface area contributed by atoms with Crippen molar-refractivity contribution in [2.45, 2.75) is 76.3 Å². The van der Waals surface area contributed by atoms with Crippen LogP contribution in [0.25, 0.3) is 11.1 Å². The minimum atomic E-state index is -0.841.